The molecule has 0 radical (unpaired) electrons. The normalized spacial score (nSPS) is 16.9. The van der Waals surface area contributed by atoms with Gasteiger partial charge in [-0.3, -0.25) is 4.79 Å². The van der Waals surface area contributed by atoms with Gasteiger partial charge in [-0.05, 0) is 30.3 Å². The van der Waals surface area contributed by atoms with Crippen LogP contribution in [0.3, 0.4) is 0 Å². The van der Waals surface area contributed by atoms with Crippen LogP contribution in [0.15, 0.2) is 0 Å². The SMILES string of the molecule is NC(=O)c1c(N)nsc1NCC1CCCCC1. The number of nitrogens with zero attached hydrogens (tertiary/aromatic N) is 1. The molecule has 1 aliphatic carbocycles. The summed E-state index contributed by atoms with van der Waals surface area (Å²) < 4.78 is 3.96. The molecule has 0 atom stereocenters. The molecule has 0 spiro atoms. The predicted octanol–water partition coefficient (Wildman–Crippen LogP) is 1.82. The van der Waals surface area contributed by atoms with Gasteiger partial charge in [0.2, 0.25) is 0 Å². The lowest BCUT2D eigenvalue weighted by molar-refractivity contribution is 0.100. The number of hydrogen-bond acceptors (Lipinski definition) is 5. The smallest absolute Gasteiger partial charge is 0.255 e. The minimum atomic E-state index is -0.512. The zero-order chi connectivity index (χ0) is 12.3. The minimum absolute atomic E-state index is 0.230. The van der Waals surface area contributed by atoms with Crippen molar-refractivity contribution >= 4 is 28.3 Å². The Morgan fingerprint density at radius 2 is 2.12 bits per heavy atom. The number of nitrogens with two attached hydrogens (primary N) is 2. The van der Waals surface area contributed by atoms with Gasteiger partial charge in [0, 0.05) is 6.54 Å². The first-order chi connectivity index (χ1) is 8.18. The van der Waals surface area contributed by atoms with Crippen molar-refractivity contribution in [3.8, 4) is 0 Å². The van der Waals surface area contributed by atoms with Crippen LogP contribution < -0.4 is 16.8 Å². The third kappa shape index (κ3) is 2.88. The van der Waals surface area contributed by atoms with Crippen LogP contribution in [0.5, 0.6) is 0 Å². The maximum Gasteiger partial charge on any atom is 0.255 e. The first-order valence-electron chi connectivity index (χ1n) is 5.97. The number of anilines is 2. The van der Waals surface area contributed by atoms with Gasteiger partial charge in [0.25, 0.3) is 5.91 Å². The molecular formula is C11H18N4OS. The number of amides is 1. The number of carbonyl (C=O) groups is 1. The summed E-state index contributed by atoms with van der Waals surface area (Å²) in [6.45, 7) is 0.877. The monoisotopic (exact) mass is 254 g/mol. The maximum absolute atomic E-state index is 11.2. The molecule has 0 saturated heterocycles. The molecule has 1 fully saturated rings. The Balaban J connectivity index is 1.96. The molecule has 2 rings (SSSR count). The van der Waals surface area contributed by atoms with E-state index in [1.165, 1.54) is 43.6 Å². The number of hydrogen-bond donors (Lipinski definition) is 3. The average molecular weight is 254 g/mol. The van der Waals surface area contributed by atoms with Gasteiger partial charge in [-0.1, -0.05) is 19.3 Å². The summed E-state index contributed by atoms with van der Waals surface area (Å²) in [7, 11) is 0. The van der Waals surface area contributed by atoms with Crippen molar-refractivity contribution in [3.63, 3.8) is 0 Å². The number of nitrogens with one attached hydrogen (secondary N) is 1. The molecule has 0 aliphatic heterocycles. The highest BCUT2D eigenvalue weighted by atomic mass is 32.1. The van der Waals surface area contributed by atoms with Crippen molar-refractivity contribution in [2.45, 2.75) is 32.1 Å². The van der Waals surface area contributed by atoms with Crippen molar-refractivity contribution in [1.82, 2.24) is 4.37 Å². The van der Waals surface area contributed by atoms with Crippen LogP contribution in [-0.4, -0.2) is 16.8 Å². The van der Waals surface area contributed by atoms with E-state index >= 15 is 0 Å². The van der Waals surface area contributed by atoms with E-state index in [0.29, 0.717) is 16.5 Å². The van der Waals surface area contributed by atoms with E-state index in [1.54, 1.807) is 0 Å². The summed E-state index contributed by atoms with van der Waals surface area (Å²) in [5.74, 6) is 0.406. The van der Waals surface area contributed by atoms with Gasteiger partial charge >= 0.3 is 0 Å². The zero-order valence-corrected chi connectivity index (χ0v) is 10.6. The molecule has 1 aliphatic rings. The highest BCUT2D eigenvalue weighted by molar-refractivity contribution is 7.11. The summed E-state index contributed by atoms with van der Waals surface area (Å²) in [6, 6.07) is 0. The Bertz CT molecular complexity index is 398. The summed E-state index contributed by atoms with van der Waals surface area (Å²) in [5, 5.41) is 3.97. The number of rotatable bonds is 4. The third-order valence-electron chi connectivity index (χ3n) is 3.24. The van der Waals surface area contributed by atoms with Gasteiger partial charge < -0.3 is 16.8 Å². The molecule has 0 bridgehead atoms. The Labute approximate surface area is 105 Å². The van der Waals surface area contributed by atoms with Gasteiger partial charge in [-0.15, -0.1) is 0 Å². The average Bonchev–Trinajstić information content (AvgIpc) is 2.69. The van der Waals surface area contributed by atoms with E-state index in [9.17, 15) is 4.79 Å². The van der Waals surface area contributed by atoms with Crippen molar-refractivity contribution in [2.24, 2.45) is 11.7 Å². The molecule has 1 aromatic rings. The van der Waals surface area contributed by atoms with E-state index in [1.807, 2.05) is 0 Å². The minimum Gasteiger partial charge on any atom is -0.382 e. The number of aromatic nitrogens is 1. The zero-order valence-electron chi connectivity index (χ0n) is 9.74. The van der Waals surface area contributed by atoms with E-state index in [2.05, 4.69) is 9.69 Å². The molecule has 6 heteroatoms. The highest BCUT2D eigenvalue weighted by Crippen LogP contribution is 2.28. The van der Waals surface area contributed by atoms with Gasteiger partial charge in [0.05, 0.1) is 0 Å². The van der Waals surface area contributed by atoms with Crippen LogP contribution in [0.1, 0.15) is 42.5 Å². The fraction of sp³-hybridized carbons (Fsp3) is 0.636. The lowest BCUT2D eigenvalue weighted by Crippen LogP contribution is -2.19. The van der Waals surface area contributed by atoms with Crippen LogP contribution in [0.4, 0.5) is 10.8 Å². The van der Waals surface area contributed by atoms with E-state index in [4.69, 9.17) is 11.5 Å². The Morgan fingerprint density at radius 3 is 2.76 bits per heavy atom. The molecule has 1 saturated carbocycles. The first-order valence-corrected chi connectivity index (χ1v) is 6.74. The van der Waals surface area contributed by atoms with Gasteiger partial charge in [-0.2, -0.15) is 4.37 Å². The molecular weight excluding hydrogens is 236 g/mol. The largest absolute Gasteiger partial charge is 0.382 e. The standard InChI is InChI=1S/C11H18N4OS/c12-9-8(10(13)16)11(17-15-9)14-6-7-4-2-1-3-5-7/h7,14H,1-6H2,(H2,12,15)(H2,13,16). The summed E-state index contributed by atoms with van der Waals surface area (Å²) in [5.41, 5.74) is 11.2. The summed E-state index contributed by atoms with van der Waals surface area (Å²) in [6.07, 6.45) is 6.47. The van der Waals surface area contributed by atoms with Crippen molar-refractivity contribution in [2.75, 3.05) is 17.6 Å². The first kappa shape index (κ1) is 12.2. The second-order valence-electron chi connectivity index (χ2n) is 4.52. The lowest BCUT2D eigenvalue weighted by Gasteiger charge is -2.21. The van der Waals surface area contributed by atoms with E-state index in [0.717, 1.165) is 6.54 Å². The molecule has 1 amide bonds. The third-order valence-corrected chi connectivity index (χ3v) is 4.06. The second kappa shape index (κ2) is 5.35. The molecule has 0 unspecified atom stereocenters. The lowest BCUT2D eigenvalue weighted by atomic mass is 9.89. The molecule has 5 N–H and O–H groups in total. The molecule has 1 aromatic heterocycles. The van der Waals surface area contributed by atoms with Crippen molar-refractivity contribution in [1.29, 1.82) is 0 Å². The Morgan fingerprint density at radius 1 is 1.41 bits per heavy atom. The van der Waals surface area contributed by atoms with Crippen LogP contribution in [0.25, 0.3) is 0 Å². The number of carbonyl (C=O) groups excluding carboxylic acids is 1. The summed E-state index contributed by atoms with van der Waals surface area (Å²) >= 11 is 1.21. The fourth-order valence-corrected chi connectivity index (χ4v) is 3.01. The topological polar surface area (TPSA) is 94.0 Å². The van der Waals surface area contributed by atoms with Gasteiger partial charge in [-0.25, -0.2) is 0 Å². The quantitative estimate of drug-likeness (QED) is 0.764. The van der Waals surface area contributed by atoms with Crippen LogP contribution >= 0.6 is 11.5 Å². The van der Waals surface area contributed by atoms with Gasteiger partial charge in [0.15, 0.2) is 5.82 Å². The maximum atomic E-state index is 11.2. The van der Waals surface area contributed by atoms with Crippen molar-refractivity contribution < 1.29 is 4.79 Å². The molecule has 17 heavy (non-hydrogen) atoms. The Hall–Kier alpha value is -1.30. The second-order valence-corrected chi connectivity index (χ2v) is 5.29. The predicted molar refractivity (Wildman–Crippen MR) is 70.1 cm³/mol. The van der Waals surface area contributed by atoms with Gasteiger partial charge in [0.1, 0.15) is 10.6 Å². The Kier molecular flexibility index (Phi) is 3.83. The van der Waals surface area contributed by atoms with E-state index < -0.39 is 5.91 Å². The number of nitrogen functional groups attached to an aromatic ring is 1. The number of primary amides is 1. The molecule has 1 heterocycles. The van der Waals surface area contributed by atoms with Crippen molar-refractivity contribution in [3.05, 3.63) is 5.56 Å². The molecule has 5 nitrogen and oxygen atoms in total. The van der Waals surface area contributed by atoms with Crippen LogP contribution in [0.2, 0.25) is 0 Å². The van der Waals surface area contributed by atoms with E-state index in [-0.39, 0.29) is 5.82 Å². The van der Waals surface area contributed by atoms with Crippen LogP contribution in [0, 0.1) is 5.92 Å². The fourth-order valence-electron chi connectivity index (χ4n) is 2.29. The van der Waals surface area contributed by atoms with Crippen LogP contribution in [-0.2, 0) is 0 Å². The molecule has 94 valence electrons. The summed E-state index contributed by atoms with van der Waals surface area (Å²) in [4.78, 5) is 11.2. The highest BCUT2D eigenvalue weighted by Gasteiger charge is 2.18. The molecule has 0 aromatic carbocycles.